The van der Waals surface area contributed by atoms with Crippen LogP contribution in [0.5, 0.6) is 0 Å². The summed E-state index contributed by atoms with van der Waals surface area (Å²) in [4.78, 5) is 11.0. The third kappa shape index (κ3) is 7.88. The summed E-state index contributed by atoms with van der Waals surface area (Å²) in [6.45, 7) is 8.45. The smallest absolute Gasteiger partial charge is 0.214 e. The van der Waals surface area contributed by atoms with Gasteiger partial charge in [0.25, 0.3) is 0 Å². The van der Waals surface area contributed by atoms with Crippen LogP contribution in [0.2, 0.25) is 0 Å². The van der Waals surface area contributed by atoms with E-state index in [1.54, 1.807) is 7.05 Å². The van der Waals surface area contributed by atoms with E-state index in [1.807, 2.05) is 13.8 Å². The zero-order chi connectivity index (χ0) is 18.9. The summed E-state index contributed by atoms with van der Waals surface area (Å²) >= 11 is 0. The first-order valence-electron chi connectivity index (χ1n) is 9.11. The van der Waals surface area contributed by atoms with Crippen molar-refractivity contribution < 1.29 is 4.42 Å². The van der Waals surface area contributed by atoms with Gasteiger partial charge in [0.2, 0.25) is 5.89 Å². The van der Waals surface area contributed by atoms with Gasteiger partial charge in [-0.15, -0.1) is 24.0 Å². The van der Waals surface area contributed by atoms with Crippen LogP contribution in [-0.4, -0.2) is 42.5 Å². The molecule has 1 unspecified atom stereocenters. The number of nitrogens with zero attached hydrogens (tertiary/aromatic N) is 3. The summed E-state index contributed by atoms with van der Waals surface area (Å²) in [5, 5.41) is 6.59. The number of hydrogen-bond donors (Lipinski definition) is 2. The van der Waals surface area contributed by atoms with Crippen LogP contribution in [0.15, 0.2) is 39.7 Å². The van der Waals surface area contributed by atoms with Crippen LogP contribution in [0.4, 0.5) is 0 Å². The van der Waals surface area contributed by atoms with Gasteiger partial charge >= 0.3 is 0 Å². The molecule has 1 aromatic heterocycles. The minimum Gasteiger partial charge on any atom is -0.444 e. The molecule has 150 valence electrons. The fourth-order valence-electron chi connectivity index (χ4n) is 2.64. The molecule has 7 heteroatoms. The predicted octanol–water partition coefficient (Wildman–Crippen LogP) is 3.49. The Bertz CT molecular complexity index is 682. The van der Waals surface area contributed by atoms with Crippen LogP contribution in [0.1, 0.15) is 36.3 Å². The Morgan fingerprint density at radius 1 is 1.22 bits per heavy atom. The van der Waals surface area contributed by atoms with Gasteiger partial charge in [-0.3, -0.25) is 9.89 Å². The highest BCUT2D eigenvalue weighted by atomic mass is 127. The number of benzene rings is 1. The van der Waals surface area contributed by atoms with Gasteiger partial charge in [-0.25, -0.2) is 4.98 Å². The number of oxazole rings is 1. The second-order valence-electron chi connectivity index (χ2n) is 6.64. The van der Waals surface area contributed by atoms with E-state index in [0.717, 1.165) is 36.9 Å². The first-order chi connectivity index (χ1) is 12.5. The molecule has 0 fully saturated rings. The quantitative estimate of drug-likeness (QED) is 0.341. The Balaban J connectivity index is 0.00000364. The highest BCUT2D eigenvalue weighted by Gasteiger charge is 2.10. The van der Waals surface area contributed by atoms with Gasteiger partial charge < -0.3 is 15.1 Å². The molecule has 6 nitrogen and oxygen atoms in total. The SMILES string of the molecule is CN=C(NCCC(C)N(C)Cc1ccccc1)NCc1nc(C)c(C)o1.I. The van der Waals surface area contributed by atoms with E-state index < -0.39 is 0 Å². The standard InChI is InChI=1S/C20H31N5O.HI/c1-15(25(5)14-18-9-7-6-8-10-18)11-12-22-20(21-4)23-13-19-24-16(2)17(3)26-19;/h6-10,15H,11-14H2,1-5H3,(H2,21,22,23);1H. The van der Waals surface area contributed by atoms with Crippen LogP contribution in [0.3, 0.4) is 0 Å². The summed E-state index contributed by atoms with van der Waals surface area (Å²) in [6, 6.07) is 11.0. The number of rotatable bonds is 8. The molecule has 1 aromatic carbocycles. The molecule has 1 atom stereocenters. The maximum atomic E-state index is 5.58. The second-order valence-corrected chi connectivity index (χ2v) is 6.64. The van der Waals surface area contributed by atoms with Gasteiger partial charge in [0.05, 0.1) is 12.2 Å². The summed E-state index contributed by atoms with van der Waals surface area (Å²) in [5.41, 5.74) is 2.27. The van der Waals surface area contributed by atoms with E-state index in [-0.39, 0.29) is 24.0 Å². The number of hydrogen-bond acceptors (Lipinski definition) is 4. The monoisotopic (exact) mass is 485 g/mol. The van der Waals surface area contributed by atoms with Crippen LogP contribution in [-0.2, 0) is 13.1 Å². The van der Waals surface area contributed by atoms with Crippen molar-refractivity contribution in [1.29, 1.82) is 0 Å². The van der Waals surface area contributed by atoms with Crippen LogP contribution in [0, 0.1) is 13.8 Å². The zero-order valence-electron chi connectivity index (χ0n) is 17.0. The molecule has 0 aliphatic rings. The molecular formula is C20H32IN5O. The molecule has 2 aromatic rings. The topological polar surface area (TPSA) is 65.7 Å². The zero-order valence-corrected chi connectivity index (χ0v) is 19.3. The number of halogens is 1. The molecule has 0 amide bonds. The third-order valence-corrected chi connectivity index (χ3v) is 4.59. The molecule has 2 N–H and O–H groups in total. The molecule has 0 saturated carbocycles. The number of nitrogens with one attached hydrogen (secondary N) is 2. The van der Waals surface area contributed by atoms with Gasteiger partial charge in [-0.2, -0.15) is 0 Å². The van der Waals surface area contributed by atoms with Crippen molar-refractivity contribution in [2.24, 2.45) is 4.99 Å². The largest absolute Gasteiger partial charge is 0.444 e. The van der Waals surface area contributed by atoms with Crippen molar-refractivity contribution >= 4 is 29.9 Å². The minimum atomic E-state index is 0. The number of aliphatic imine (C=N–C) groups is 1. The number of guanidine groups is 1. The molecule has 1 heterocycles. The summed E-state index contributed by atoms with van der Waals surface area (Å²) in [5.74, 6) is 2.30. The maximum absolute atomic E-state index is 5.58. The van der Waals surface area contributed by atoms with E-state index in [0.29, 0.717) is 18.5 Å². The predicted molar refractivity (Wildman–Crippen MR) is 122 cm³/mol. The summed E-state index contributed by atoms with van der Waals surface area (Å²) < 4.78 is 5.58. The van der Waals surface area contributed by atoms with E-state index >= 15 is 0 Å². The van der Waals surface area contributed by atoms with Crippen molar-refractivity contribution in [3.63, 3.8) is 0 Å². The lowest BCUT2D eigenvalue weighted by Gasteiger charge is -2.25. The van der Waals surface area contributed by atoms with Crippen LogP contribution in [0.25, 0.3) is 0 Å². The Morgan fingerprint density at radius 2 is 1.93 bits per heavy atom. The lowest BCUT2D eigenvalue weighted by Crippen LogP contribution is -2.39. The highest BCUT2D eigenvalue weighted by molar-refractivity contribution is 14.0. The van der Waals surface area contributed by atoms with E-state index in [9.17, 15) is 0 Å². The summed E-state index contributed by atoms with van der Waals surface area (Å²) in [7, 11) is 3.93. The van der Waals surface area contributed by atoms with E-state index in [1.165, 1.54) is 5.56 Å². The molecule has 0 aliphatic heterocycles. The highest BCUT2D eigenvalue weighted by Crippen LogP contribution is 2.08. The fourth-order valence-corrected chi connectivity index (χ4v) is 2.64. The Labute approximate surface area is 179 Å². The molecule has 0 bridgehead atoms. The Kier molecular flexibility index (Phi) is 10.4. The molecular weight excluding hydrogens is 453 g/mol. The van der Waals surface area contributed by atoms with Crippen LogP contribution < -0.4 is 10.6 Å². The second kappa shape index (κ2) is 12.0. The van der Waals surface area contributed by atoms with E-state index in [4.69, 9.17) is 4.42 Å². The van der Waals surface area contributed by atoms with Gasteiger partial charge in [0, 0.05) is 26.2 Å². The van der Waals surface area contributed by atoms with Crippen LogP contribution >= 0.6 is 24.0 Å². The van der Waals surface area contributed by atoms with Crippen molar-refractivity contribution in [3.8, 4) is 0 Å². The first-order valence-corrected chi connectivity index (χ1v) is 9.11. The third-order valence-electron chi connectivity index (χ3n) is 4.59. The molecule has 0 spiro atoms. The Hall–Kier alpha value is -1.61. The van der Waals surface area contributed by atoms with E-state index in [2.05, 4.69) is 69.8 Å². The lowest BCUT2D eigenvalue weighted by atomic mass is 10.1. The van der Waals surface area contributed by atoms with Gasteiger partial charge in [-0.1, -0.05) is 30.3 Å². The first kappa shape index (κ1) is 23.4. The van der Waals surface area contributed by atoms with Gasteiger partial charge in [0.1, 0.15) is 5.76 Å². The van der Waals surface area contributed by atoms with Gasteiger partial charge in [0.15, 0.2) is 5.96 Å². The van der Waals surface area contributed by atoms with Crippen molar-refractivity contribution in [2.75, 3.05) is 20.6 Å². The maximum Gasteiger partial charge on any atom is 0.214 e. The minimum absolute atomic E-state index is 0. The van der Waals surface area contributed by atoms with Crippen molar-refractivity contribution in [1.82, 2.24) is 20.5 Å². The lowest BCUT2D eigenvalue weighted by molar-refractivity contribution is 0.238. The molecule has 2 rings (SSSR count). The van der Waals surface area contributed by atoms with Crippen molar-refractivity contribution in [2.45, 2.75) is 46.3 Å². The average Bonchev–Trinajstić information content (AvgIpc) is 2.96. The fraction of sp³-hybridized carbons (Fsp3) is 0.500. The normalized spacial score (nSPS) is 12.6. The van der Waals surface area contributed by atoms with Gasteiger partial charge in [-0.05, 0) is 39.8 Å². The molecule has 27 heavy (non-hydrogen) atoms. The molecule has 0 saturated heterocycles. The number of aromatic nitrogens is 1. The molecule has 0 radical (unpaired) electrons. The number of aryl methyl sites for hydroxylation is 2. The summed E-state index contributed by atoms with van der Waals surface area (Å²) in [6.07, 6.45) is 1.03. The average molecular weight is 485 g/mol. The van der Waals surface area contributed by atoms with Crippen molar-refractivity contribution in [3.05, 3.63) is 53.2 Å². The Morgan fingerprint density at radius 3 is 2.52 bits per heavy atom. The molecule has 0 aliphatic carbocycles.